The first-order chi connectivity index (χ1) is 13.2. The van der Waals surface area contributed by atoms with Gasteiger partial charge < -0.3 is 9.15 Å². The topological polar surface area (TPSA) is 52.3 Å². The second-order valence-corrected chi connectivity index (χ2v) is 7.23. The summed E-state index contributed by atoms with van der Waals surface area (Å²) in [5.74, 6) is 0.663. The lowest BCUT2D eigenvalue weighted by molar-refractivity contribution is 0.302. The number of aromatic nitrogens is 1. The molecule has 0 spiro atoms. The molecule has 0 fully saturated rings. The molecule has 0 amide bonds. The van der Waals surface area contributed by atoms with E-state index >= 15 is 0 Å². The van der Waals surface area contributed by atoms with Crippen LogP contribution in [0.3, 0.4) is 0 Å². The van der Waals surface area contributed by atoms with Crippen LogP contribution in [0.4, 0.5) is 0 Å². The van der Waals surface area contributed by atoms with Crippen molar-refractivity contribution < 1.29 is 9.15 Å². The molecule has 136 valence electrons. The van der Waals surface area contributed by atoms with Gasteiger partial charge in [0.25, 0.3) is 0 Å². The summed E-state index contributed by atoms with van der Waals surface area (Å²) in [6.07, 6.45) is 1.61. The molecule has 4 rings (SSSR count). The molecule has 2 heterocycles. The van der Waals surface area contributed by atoms with Crippen LogP contribution in [0.25, 0.3) is 11.0 Å². The molecule has 0 N–H and O–H groups in total. The molecule has 0 unspecified atom stereocenters. The van der Waals surface area contributed by atoms with Crippen molar-refractivity contribution >= 4 is 22.3 Å². The third kappa shape index (κ3) is 4.09. The third-order valence-corrected chi connectivity index (χ3v) is 5.26. The number of hydrogen-bond donors (Lipinski definition) is 0. The van der Waals surface area contributed by atoms with Crippen LogP contribution in [0.1, 0.15) is 28.8 Å². The lowest BCUT2D eigenvalue weighted by Gasteiger charge is -2.07. The zero-order chi connectivity index (χ0) is 18.6. The second kappa shape index (κ2) is 7.76. The standard InChI is InChI=1S/C22H19NO3S/c1-2-16-11-22(24)26-20-12-18(8-9-19(16)20)25-13-17-14-27-21(23-17)10-15-6-4-3-5-7-15/h3-9,11-12,14H,2,10,13H2,1H3. The van der Waals surface area contributed by atoms with Crippen molar-refractivity contribution in [2.75, 3.05) is 0 Å². The molecule has 0 atom stereocenters. The molecule has 27 heavy (non-hydrogen) atoms. The fraction of sp³-hybridized carbons (Fsp3) is 0.182. The van der Waals surface area contributed by atoms with E-state index in [0.29, 0.717) is 17.9 Å². The summed E-state index contributed by atoms with van der Waals surface area (Å²) in [6, 6.07) is 17.5. The summed E-state index contributed by atoms with van der Waals surface area (Å²) in [5, 5.41) is 4.04. The largest absolute Gasteiger partial charge is 0.487 e. The highest BCUT2D eigenvalue weighted by Gasteiger charge is 2.08. The Kier molecular flexibility index (Phi) is 5.03. The lowest BCUT2D eigenvalue weighted by Crippen LogP contribution is -2.01. The van der Waals surface area contributed by atoms with Gasteiger partial charge >= 0.3 is 5.63 Å². The van der Waals surface area contributed by atoms with E-state index in [2.05, 4.69) is 17.1 Å². The first-order valence-electron chi connectivity index (χ1n) is 8.88. The number of benzene rings is 2. The number of thiazole rings is 1. The minimum absolute atomic E-state index is 0.332. The monoisotopic (exact) mass is 377 g/mol. The van der Waals surface area contributed by atoms with Crippen LogP contribution >= 0.6 is 11.3 Å². The van der Waals surface area contributed by atoms with Crippen molar-refractivity contribution in [3.8, 4) is 5.75 Å². The first kappa shape index (κ1) is 17.5. The van der Waals surface area contributed by atoms with Gasteiger partial charge in [-0.25, -0.2) is 9.78 Å². The highest BCUT2D eigenvalue weighted by molar-refractivity contribution is 7.09. The highest BCUT2D eigenvalue weighted by Crippen LogP contribution is 2.24. The molecule has 4 aromatic rings. The zero-order valence-electron chi connectivity index (χ0n) is 15.0. The van der Waals surface area contributed by atoms with Crippen molar-refractivity contribution in [3.05, 3.63) is 92.2 Å². The maximum absolute atomic E-state index is 11.7. The van der Waals surface area contributed by atoms with E-state index < -0.39 is 0 Å². The summed E-state index contributed by atoms with van der Waals surface area (Å²) in [6.45, 7) is 2.41. The average Bonchev–Trinajstić information content (AvgIpc) is 3.13. The molecule has 5 heteroatoms. The number of ether oxygens (including phenoxy) is 1. The Bertz CT molecular complexity index is 1120. The van der Waals surface area contributed by atoms with Crippen molar-refractivity contribution in [1.29, 1.82) is 0 Å². The second-order valence-electron chi connectivity index (χ2n) is 6.29. The molecule has 2 aromatic carbocycles. The van der Waals surface area contributed by atoms with Gasteiger partial charge in [0.1, 0.15) is 17.9 Å². The van der Waals surface area contributed by atoms with Crippen LogP contribution in [0, 0.1) is 0 Å². The van der Waals surface area contributed by atoms with Crippen LogP contribution in [-0.2, 0) is 19.4 Å². The number of aryl methyl sites for hydroxylation is 1. The Morgan fingerprint density at radius 2 is 1.96 bits per heavy atom. The van der Waals surface area contributed by atoms with Crippen molar-refractivity contribution in [3.63, 3.8) is 0 Å². The Hall–Kier alpha value is -2.92. The Morgan fingerprint density at radius 3 is 2.78 bits per heavy atom. The van der Waals surface area contributed by atoms with E-state index in [0.717, 1.165) is 34.5 Å². The van der Waals surface area contributed by atoms with Crippen molar-refractivity contribution in [1.82, 2.24) is 4.98 Å². The Labute approximate surface area is 161 Å². The number of rotatable bonds is 6. The Balaban J connectivity index is 1.46. The molecule has 0 saturated carbocycles. The quantitative estimate of drug-likeness (QED) is 0.445. The summed E-state index contributed by atoms with van der Waals surface area (Å²) in [5.41, 5.74) is 3.35. The van der Waals surface area contributed by atoms with E-state index in [1.807, 2.05) is 42.6 Å². The van der Waals surface area contributed by atoms with Crippen LogP contribution in [0.2, 0.25) is 0 Å². The third-order valence-electron chi connectivity index (χ3n) is 4.37. The van der Waals surface area contributed by atoms with Gasteiger partial charge in [-0.1, -0.05) is 37.3 Å². The van der Waals surface area contributed by atoms with Crippen molar-refractivity contribution in [2.45, 2.75) is 26.4 Å². The summed E-state index contributed by atoms with van der Waals surface area (Å²) < 4.78 is 11.2. The number of nitrogens with zero attached hydrogens (tertiary/aromatic N) is 1. The zero-order valence-corrected chi connectivity index (χ0v) is 15.8. The minimum Gasteiger partial charge on any atom is -0.487 e. The molecule has 0 aliphatic heterocycles. The van der Waals surface area contributed by atoms with Crippen LogP contribution in [-0.4, -0.2) is 4.98 Å². The number of hydrogen-bond acceptors (Lipinski definition) is 5. The Morgan fingerprint density at radius 1 is 1.11 bits per heavy atom. The fourth-order valence-corrected chi connectivity index (χ4v) is 3.83. The van der Waals surface area contributed by atoms with Gasteiger partial charge in [-0.15, -0.1) is 11.3 Å². The first-order valence-corrected chi connectivity index (χ1v) is 9.76. The van der Waals surface area contributed by atoms with Gasteiger partial charge in [-0.05, 0) is 29.7 Å². The maximum Gasteiger partial charge on any atom is 0.336 e. The predicted octanol–water partition coefficient (Wildman–Crippen LogP) is 4.98. The smallest absolute Gasteiger partial charge is 0.336 e. The van der Waals surface area contributed by atoms with Crippen LogP contribution in [0.15, 0.2) is 69.2 Å². The van der Waals surface area contributed by atoms with Gasteiger partial charge in [-0.3, -0.25) is 0 Å². The molecule has 0 bridgehead atoms. The van der Waals surface area contributed by atoms with E-state index in [4.69, 9.17) is 9.15 Å². The molecule has 0 aliphatic carbocycles. The summed E-state index contributed by atoms with van der Waals surface area (Å²) >= 11 is 1.64. The van der Waals surface area contributed by atoms with E-state index in [-0.39, 0.29) is 5.63 Å². The average molecular weight is 377 g/mol. The summed E-state index contributed by atoms with van der Waals surface area (Å²) in [7, 11) is 0. The lowest BCUT2D eigenvalue weighted by atomic mass is 10.1. The predicted molar refractivity (Wildman–Crippen MR) is 108 cm³/mol. The normalized spacial score (nSPS) is 11.0. The van der Waals surface area contributed by atoms with Gasteiger partial charge in [0, 0.05) is 29.3 Å². The molecular formula is C22H19NO3S. The molecule has 2 aromatic heterocycles. The maximum atomic E-state index is 11.7. The molecule has 0 saturated heterocycles. The van der Waals surface area contributed by atoms with Gasteiger partial charge in [0.05, 0.1) is 10.7 Å². The van der Waals surface area contributed by atoms with E-state index in [9.17, 15) is 4.79 Å². The summed E-state index contributed by atoms with van der Waals surface area (Å²) in [4.78, 5) is 16.3. The van der Waals surface area contributed by atoms with Gasteiger partial charge in [0.2, 0.25) is 0 Å². The fourth-order valence-electron chi connectivity index (χ4n) is 3.02. The SMILES string of the molecule is CCc1cc(=O)oc2cc(OCc3csc(Cc4ccccc4)n3)ccc12. The van der Waals surface area contributed by atoms with Crippen LogP contribution in [0.5, 0.6) is 5.75 Å². The van der Waals surface area contributed by atoms with E-state index in [1.165, 1.54) is 5.56 Å². The number of fused-ring (bicyclic) bond motifs is 1. The van der Waals surface area contributed by atoms with Crippen molar-refractivity contribution in [2.24, 2.45) is 0 Å². The molecular weight excluding hydrogens is 358 g/mol. The minimum atomic E-state index is -0.332. The molecule has 0 aliphatic rings. The van der Waals surface area contributed by atoms with Gasteiger partial charge in [0.15, 0.2) is 0 Å². The highest BCUT2D eigenvalue weighted by atomic mass is 32.1. The van der Waals surface area contributed by atoms with E-state index in [1.54, 1.807) is 23.5 Å². The molecule has 4 nitrogen and oxygen atoms in total. The molecule has 0 radical (unpaired) electrons. The van der Waals surface area contributed by atoms with Gasteiger partial charge in [-0.2, -0.15) is 0 Å². The van der Waals surface area contributed by atoms with Crippen LogP contribution < -0.4 is 10.4 Å².